The van der Waals surface area contributed by atoms with Crippen LogP contribution in [0, 0.1) is 0 Å². The van der Waals surface area contributed by atoms with Crippen molar-refractivity contribution in [1.82, 2.24) is 9.78 Å². The molecular formula is C20H25N5O4S. The summed E-state index contributed by atoms with van der Waals surface area (Å²) in [6.45, 7) is 1.58. The van der Waals surface area contributed by atoms with Crippen molar-refractivity contribution in [2.75, 3.05) is 25.6 Å². The van der Waals surface area contributed by atoms with Gasteiger partial charge >= 0.3 is 6.03 Å². The number of carbonyl (C=O) groups excluding carboxylic acids is 1. The molecule has 1 aromatic carbocycles. The number of benzene rings is 1. The van der Waals surface area contributed by atoms with Crippen molar-refractivity contribution in [1.29, 1.82) is 0 Å². The highest BCUT2D eigenvalue weighted by molar-refractivity contribution is 7.91. The molecule has 0 spiro atoms. The molecule has 2 aliphatic carbocycles. The van der Waals surface area contributed by atoms with Gasteiger partial charge < -0.3 is 14.8 Å². The first-order chi connectivity index (χ1) is 14.5. The highest BCUT2D eigenvalue weighted by atomic mass is 32.2. The molecule has 0 fully saturated rings. The van der Waals surface area contributed by atoms with Crippen molar-refractivity contribution in [2.45, 2.75) is 49.5 Å². The first kappa shape index (κ1) is 19.5. The zero-order chi connectivity index (χ0) is 20.9. The number of rotatable bonds is 4. The molecule has 2 aromatic rings. The minimum atomic E-state index is -3.48. The van der Waals surface area contributed by atoms with E-state index in [0.717, 1.165) is 48.9 Å². The number of aromatic nitrogens is 2. The molecule has 0 saturated heterocycles. The number of hydrogen-bond donors (Lipinski definition) is 2. The number of fused-ring (bicyclic) bond motifs is 3. The molecule has 30 heavy (non-hydrogen) atoms. The van der Waals surface area contributed by atoms with Crippen molar-refractivity contribution in [3.8, 4) is 5.88 Å². The van der Waals surface area contributed by atoms with Crippen molar-refractivity contribution in [2.24, 2.45) is 9.50 Å². The summed E-state index contributed by atoms with van der Waals surface area (Å²) in [6, 6.07) is 1.56. The van der Waals surface area contributed by atoms with Crippen molar-refractivity contribution < 1.29 is 18.5 Å². The number of carbonyl (C=O) groups is 1. The fourth-order valence-electron chi connectivity index (χ4n) is 4.87. The molecule has 2 amide bonds. The zero-order valence-electron chi connectivity index (χ0n) is 16.8. The van der Waals surface area contributed by atoms with Crippen LogP contribution in [0.15, 0.2) is 21.5 Å². The van der Waals surface area contributed by atoms with E-state index in [1.54, 1.807) is 11.8 Å². The molecule has 2 heterocycles. The fraction of sp³-hybridized carbons (Fsp3) is 0.500. The molecule has 1 aromatic heterocycles. The highest BCUT2D eigenvalue weighted by Crippen LogP contribution is 2.44. The van der Waals surface area contributed by atoms with Gasteiger partial charge in [0.2, 0.25) is 5.88 Å². The van der Waals surface area contributed by atoms with E-state index in [-0.39, 0.29) is 10.8 Å². The van der Waals surface area contributed by atoms with Gasteiger partial charge in [0.1, 0.15) is 11.5 Å². The average Bonchev–Trinajstić information content (AvgIpc) is 3.45. The second kappa shape index (κ2) is 7.36. The van der Waals surface area contributed by atoms with Crippen LogP contribution in [-0.4, -0.2) is 40.3 Å². The average molecular weight is 432 g/mol. The molecule has 0 saturated carbocycles. The highest BCUT2D eigenvalue weighted by Gasteiger charge is 2.31. The summed E-state index contributed by atoms with van der Waals surface area (Å²) in [4.78, 5) is 13.0. The Morgan fingerprint density at radius 3 is 3.13 bits per heavy atom. The molecule has 0 unspecified atom stereocenters. The summed E-state index contributed by atoms with van der Waals surface area (Å²) in [7, 11) is -1.79. The topological polar surface area (TPSA) is 121 Å². The van der Waals surface area contributed by atoms with Gasteiger partial charge in [-0.3, -0.25) is 0 Å². The number of nitrogens with zero attached hydrogens (tertiary/aromatic N) is 3. The van der Waals surface area contributed by atoms with E-state index in [1.807, 2.05) is 0 Å². The van der Waals surface area contributed by atoms with E-state index < -0.39 is 15.9 Å². The summed E-state index contributed by atoms with van der Waals surface area (Å²) >= 11 is 0. The Kier molecular flexibility index (Phi) is 4.79. The maximum atomic E-state index is 13.0. The van der Waals surface area contributed by atoms with Gasteiger partial charge in [0.05, 0.1) is 19.3 Å². The van der Waals surface area contributed by atoms with Gasteiger partial charge in [-0.05, 0) is 54.4 Å². The van der Waals surface area contributed by atoms with Crippen LogP contribution in [0.3, 0.4) is 0 Å². The van der Waals surface area contributed by atoms with E-state index in [2.05, 4.69) is 20.8 Å². The first-order valence-corrected chi connectivity index (χ1v) is 11.8. The molecule has 1 aliphatic heterocycles. The van der Waals surface area contributed by atoms with Gasteiger partial charge in [-0.1, -0.05) is 6.07 Å². The van der Waals surface area contributed by atoms with Crippen LogP contribution in [-0.2, 0) is 40.5 Å². The van der Waals surface area contributed by atoms with E-state index in [1.165, 1.54) is 17.3 Å². The van der Waals surface area contributed by atoms with Crippen LogP contribution in [0.4, 0.5) is 10.5 Å². The van der Waals surface area contributed by atoms with Crippen molar-refractivity contribution in [3.05, 3.63) is 34.5 Å². The minimum Gasteiger partial charge on any atom is -0.475 e. The van der Waals surface area contributed by atoms with Gasteiger partial charge in [-0.15, -0.1) is 4.36 Å². The zero-order valence-corrected chi connectivity index (χ0v) is 17.7. The van der Waals surface area contributed by atoms with Crippen LogP contribution < -0.4 is 15.2 Å². The summed E-state index contributed by atoms with van der Waals surface area (Å²) < 4.78 is 29.3. The second-order valence-electron chi connectivity index (χ2n) is 7.98. The van der Waals surface area contributed by atoms with Gasteiger partial charge in [0.25, 0.3) is 0 Å². The number of anilines is 1. The molecule has 0 radical (unpaired) electrons. The number of methoxy groups -OCH3 is 1. The van der Waals surface area contributed by atoms with Gasteiger partial charge in [-0.25, -0.2) is 18.8 Å². The Morgan fingerprint density at radius 1 is 1.43 bits per heavy atom. The molecular weight excluding hydrogens is 406 g/mol. The monoisotopic (exact) mass is 431 g/mol. The quantitative estimate of drug-likeness (QED) is 0.770. The van der Waals surface area contributed by atoms with Crippen LogP contribution in [0.1, 0.15) is 41.0 Å². The molecule has 3 N–H and O–H groups in total. The molecule has 3 aliphatic rings. The molecule has 10 heteroatoms. The lowest BCUT2D eigenvalue weighted by atomic mass is 9.94. The molecule has 5 rings (SSSR count). The third-order valence-electron chi connectivity index (χ3n) is 6.13. The Hall–Kier alpha value is -2.43. The SMILES string of the molecule is COC[C@@H]1CCc2cc3c(c(NC(=O)N=[S@](N)(=O)c4cnn5c4OCC5)c21)CCC3. The van der Waals surface area contributed by atoms with Crippen LogP contribution in [0.25, 0.3) is 0 Å². The van der Waals surface area contributed by atoms with Crippen molar-refractivity contribution >= 4 is 21.6 Å². The summed E-state index contributed by atoms with van der Waals surface area (Å²) in [5.74, 6) is 0.543. The van der Waals surface area contributed by atoms with Crippen molar-refractivity contribution in [3.63, 3.8) is 0 Å². The lowest BCUT2D eigenvalue weighted by Crippen LogP contribution is -2.19. The summed E-state index contributed by atoms with van der Waals surface area (Å²) in [6.07, 6.45) is 6.27. The minimum absolute atomic E-state index is 0.149. The number of urea groups is 1. The van der Waals surface area contributed by atoms with Gasteiger partial charge in [0.15, 0.2) is 9.92 Å². The van der Waals surface area contributed by atoms with E-state index in [9.17, 15) is 9.00 Å². The number of aryl methyl sites for hydroxylation is 2. The fourth-order valence-corrected chi connectivity index (χ4v) is 5.88. The predicted molar refractivity (Wildman–Crippen MR) is 111 cm³/mol. The number of ether oxygens (including phenoxy) is 2. The molecule has 9 nitrogen and oxygen atoms in total. The Bertz CT molecular complexity index is 1150. The standard InChI is InChI=1S/C20H25N5O4S/c1-28-11-14-6-5-13-9-12-3-2-4-15(12)18(17(13)14)23-20(26)24-30(21,27)16-10-22-25-7-8-29-19(16)25/h9-10,14H,2-8,11H2,1H3,(H3,21,23,24,26,27)/t14-,30-/m0/s1. The maximum Gasteiger partial charge on any atom is 0.354 e. The van der Waals surface area contributed by atoms with Crippen LogP contribution in [0.5, 0.6) is 5.88 Å². The first-order valence-electron chi connectivity index (χ1n) is 10.2. The predicted octanol–water partition coefficient (Wildman–Crippen LogP) is 2.37. The Morgan fingerprint density at radius 2 is 2.30 bits per heavy atom. The normalized spacial score (nSPS) is 20.8. The maximum absolute atomic E-state index is 13.0. The number of nitrogens with two attached hydrogens (primary N) is 1. The lowest BCUT2D eigenvalue weighted by molar-refractivity contribution is 0.179. The summed E-state index contributed by atoms with van der Waals surface area (Å²) in [5.41, 5.74) is 5.61. The molecule has 2 atom stereocenters. The molecule has 160 valence electrons. The van der Waals surface area contributed by atoms with Gasteiger partial charge in [0, 0.05) is 18.7 Å². The third-order valence-corrected chi connectivity index (χ3v) is 7.48. The van der Waals surface area contributed by atoms with Crippen LogP contribution in [0.2, 0.25) is 0 Å². The summed E-state index contributed by atoms with van der Waals surface area (Å²) in [5, 5.41) is 13.0. The van der Waals surface area contributed by atoms with E-state index in [4.69, 9.17) is 14.6 Å². The van der Waals surface area contributed by atoms with E-state index >= 15 is 0 Å². The third kappa shape index (κ3) is 3.19. The second-order valence-corrected chi connectivity index (χ2v) is 9.74. The van der Waals surface area contributed by atoms with Gasteiger partial charge in [-0.2, -0.15) is 5.10 Å². The number of nitrogens with one attached hydrogen (secondary N) is 1. The smallest absolute Gasteiger partial charge is 0.354 e. The lowest BCUT2D eigenvalue weighted by Gasteiger charge is -2.19. The Balaban J connectivity index is 1.51. The largest absolute Gasteiger partial charge is 0.475 e. The Labute approximate surface area is 175 Å². The number of hydrogen-bond acceptors (Lipinski definition) is 5. The van der Waals surface area contributed by atoms with Crippen LogP contribution >= 0.6 is 0 Å². The van der Waals surface area contributed by atoms with E-state index in [0.29, 0.717) is 25.6 Å². The molecule has 0 bridgehead atoms. The number of amides is 2.